The molecule has 0 bridgehead atoms. The Morgan fingerprint density at radius 2 is 1.79 bits per heavy atom. The summed E-state index contributed by atoms with van der Waals surface area (Å²) in [7, 11) is 0. The first-order valence-electron chi connectivity index (χ1n) is 9.99. The predicted molar refractivity (Wildman–Crippen MR) is 134 cm³/mol. The van der Waals surface area contributed by atoms with Crippen LogP contribution in [0.2, 0.25) is 10.0 Å². The lowest BCUT2D eigenvalue weighted by molar-refractivity contribution is -0.118. The van der Waals surface area contributed by atoms with Gasteiger partial charge in [0.1, 0.15) is 0 Å². The number of benzene rings is 3. The van der Waals surface area contributed by atoms with Crippen LogP contribution in [-0.4, -0.2) is 32.6 Å². The van der Waals surface area contributed by atoms with Gasteiger partial charge < -0.3 is 0 Å². The number of para-hydroxylation sites is 1. The van der Waals surface area contributed by atoms with Gasteiger partial charge in [-0.05, 0) is 36.8 Å². The Morgan fingerprint density at radius 3 is 2.52 bits per heavy atom. The van der Waals surface area contributed by atoms with Gasteiger partial charge in [-0.25, -0.2) is 5.43 Å². The third-order valence-electron chi connectivity index (χ3n) is 4.64. The Balaban J connectivity index is 1.48. The monoisotopic (exact) mass is 495 g/mol. The van der Waals surface area contributed by atoms with Gasteiger partial charge in [0.15, 0.2) is 11.0 Å². The van der Waals surface area contributed by atoms with Crippen molar-refractivity contribution in [2.24, 2.45) is 5.10 Å². The molecular weight excluding hydrogens is 477 g/mol. The lowest BCUT2D eigenvalue weighted by atomic mass is 10.1. The maximum absolute atomic E-state index is 12.3. The van der Waals surface area contributed by atoms with Crippen molar-refractivity contribution in [3.8, 4) is 17.1 Å². The first-order chi connectivity index (χ1) is 16.0. The van der Waals surface area contributed by atoms with Crippen molar-refractivity contribution in [3.05, 3.63) is 94.0 Å². The largest absolute Gasteiger partial charge is 0.272 e. The van der Waals surface area contributed by atoms with Crippen molar-refractivity contribution in [1.82, 2.24) is 20.2 Å². The normalized spacial score (nSPS) is 11.1. The van der Waals surface area contributed by atoms with Gasteiger partial charge in [0.2, 0.25) is 0 Å². The van der Waals surface area contributed by atoms with Crippen LogP contribution in [0.15, 0.2) is 83.1 Å². The number of hydrazone groups is 1. The van der Waals surface area contributed by atoms with Crippen molar-refractivity contribution in [3.63, 3.8) is 0 Å². The SMILES string of the molecule is Cc1ccc(-c2nnc(SCC(=O)N/N=C/c3ccc(Cl)c(Cl)c3)n2-c2ccccc2)cc1. The van der Waals surface area contributed by atoms with Crippen LogP contribution in [0.1, 0.15) is 11.1 Å². The number of hydrogen-bond acceptors (Lipinski definition) is 5. The van der Waals surface area contributed by atoms with E-state index in [1.54, 1.807) is 18.2 Å². The molecule has 1 amide bonds. The lowest BCUT2D eigenvalue weighted by Gasteiger charge is -2.10. The van der Waals surface area contributed by atoms with E-state index in [1.807, 2.05) is 66.1 Å². The number of halogens is 2. The second-order valence-electron chi connectivity index (χ2n) is 7.10. The highest BCUT2D eigenvalue weighted by atomic mass is 35.5. The lowest BCUT2D eigenvalue weighted by Crippen LogP contribution is -2.20. The van der Waals surface area contributed by atoms with Crippen LogP contribution in [-0.2, 0) is 4.79 Å². The molecule has 0 unspecified atom stereocenters. The molecule has 1 N–H and O–H groups in total. The molecule has 0 saturated carbocycles. The van der Waals surface area contributed by atoms with Gasteiger partial charge >= 0.3 is 0 Å². The van der Waals surface area contributed by atoms with Crippen LogP contribution < -0.4 is 5.43 Å². The van der Waals surface area contributed by atoms with Crippen LogP contribution in [0.25, 0.3) is 17.1 Å². The molecule has 9 heteroatoms. The molecule has 1 heterocycles. The maximum Gasteiger partial charge on any atom is 0.250 e. The average Bonchev–Trinajstić information content (AvgIpc) is 3.25. The van der Waals surface area contributed by atoms with Crippen molar-refractivity contribution in [2.75, 3.05) is 5.75 Å². The fraction of sp³-hybridized carbons (Fsp3) is 0.0833. The molecule has 0 aliphatic rings. The second-order valence-corrected chi connectivity index (χ2v) is 8.86. The highest BCUT2D eigenvalue weighted by molar-refractivity contribution is 7.99. The Hall–Kier alpha value is -3.13. The van der Waals surface area contributed by atoms with Gasteiger partial charge in [0.25, 0.3) is 5.91 Å². The molecule has 0 atom stereocenters. The minimum atomic E-state index is -0.268. The number of rotatable bonds is 7. The summed E-state index contributed by atoms with van der Waals surface area (Å²) in [5.74, 6) is 0.565. The smallest absolute Gasteiger partial charge is 0.250 e. The molecule has 0 aliphatic heterocycles. The Labute approximate surface area is 205 Å². The Kier molecular flexibility index (Phi) is 7.44. The van der Waals surface area contributed by atoms with E-state index < -0.39 is 0 Å². The summed E-state index contributed by atoms with van der Waals surface area (Å²) in [5, 5.41) is 14.2. The van der Waals surface area contributed by atoms with E-state index in [1.165, 1.54) is 18.0 Å². The number of aromatic nitrogens is 3. The molecule has 0 radical (unpaired) electrons. The van der Waals surface area contributed by atoms with Crippen LogP contribution in [0.4, 0.5) is 0 Å². The molecule has 0 fully saturated rings. The molecule has 166 valence electrons. The van der Waals surface area contributed by atoms with Crippen molar-refractivity contribution in [1.29, 1.82) is 0 Å². The van der Waals surface area contributed by atoms with Gasteiger partial charge in [-0.15, -0.1) is 10.2 Å². The van der Waals surface area contributed by atoms with Crippen molar-refractivity contribution < 1.29 is 4.79 Å². The van der Waals surface area contributed by atoms with Gasteiger partial charge in [-0.3, -0.25) is 9.36 Å². The number of aryl methyl sites for hydroxylation is 1. The van der Waals surface area contributed by atoms with Gasteiger partial charge in [0.05, 0.1) is 22.0 Å². The predicted octanol–water partition coefficient (Wildman–Crippen LogP) is 5.79. The zero-order valence-corrected chi connectivity index (χ0v) is 19.9. The van der Waals surface area contributed by atoms with Gasteiger partial charge in [-0.1, -0.05) is 89.1 Å². The fourth-order valence-electron chi connectivity index (χ4n) is 3.00. The van der Waals surface area contributed by atoms with E-state index in [4.69, 9.17) is 23.2 Å². The standard InChI is InChI=1S/C24H19Cl2N5OS/c1-16-7-10-18(11-8-16)23-29-30-24(31(23)19-5-3-2-4-6-19)33-15-22(32)28-27-14-17-9-12-20(25)21(26)13-17/h2-14H,15H2,1H3,(H,28,32)/b27-14+. The number of amides is 1. The number of nitrogens with one attached hydrogen (secondary N) is 1. The van der Waals surface area contributed by atoms with Crippen LogP contribution in [0.3, 0.4) is 0 Å². The van der Waals surface area contributed by atoms with Gasteiger partial charge in [0, 0.05) is 11.3 Å². The number of carbonyl (C=O) groups is 1. The molecule has 1 aromatic heterocycles. The molecule has 0 aliphatic carbocycles. The number of nitrogens with zero attached hydrogens (tertiary/aromatic N) is 4. The highest BCUT2D eigenvalue weighted by Gasteiger charge is 2.17. The van der Waals surface area contributed by atoms with E-state index in [0.717, 1.165) is 22.4 Å². The Bertz CT molecular complexity index is 1290. The summed E-state index contributed by atoms with van der Waals surface area (Å²) in [6.07, 6.45) is 1.51. The van der Waals surface area contributed by atoms with E-state index in [2.05, 4.69) is 20.7 Å². The van der Waals surface area contributed by atoms with Crippen molar-refractivity contribution >= 4 is 47.1 Å². The van der Waals surface area contributed by atoms with E-state index in [-0.39, 0.29) is 11.7 Å². The summed E-state index contributed by atoms with van der Waals surface area (Å²) in [6.45, 7) is 2.04. The summed E-state index contributed by atoms with van der Waals surface area (Å²) in [5.41, 5.74) is 6.26. The summed E-state index contributed by atoms with van der Waals surface area (Å²) in [4.78, 5) is 12.3. The number of thioether (sulfide) groups is 1. The third kappa shape index (κ3) is 5.82. The molecule has 4 aromatic rings. The first-order valence-corrected chi connectivity index (χ1v) is 11.7. The number of hydrogen-bond donors (Lipinski definition) is 1. The molecule has 6 nitrogen and oxygen atoms in total. The van der Waals surface area contributed by atoms with E-state index in [9.17, 15) is 4.79 Å². The number of carbonyl (C=O) groups excluding carboxylic acids is 1. The minimum Gasteiger partial charge on any atom is -0.272 e. The van der Waals surface area contributed by atoms with E-state index >= 15 is 0 Å². The van der Waals surface area contributed by atoms with Crippen LogP contribution in [0.5, 0.6) is 0 Å². The molecule has 0 saturated heterocycles. The van der Waals surface area contributed by atoms with Crippen molar-refractivity contribution in [2.45, 2.75) is 12.1 Å². The summed E-state index contributed by atoms with van der Waals surface area (Å²) < 4.78 is 1.95. The van der Waals surface area contributed by atoms with Crippen LogP contribution >= 0.6 is 35.0 Å². The molecule has 4 rings (SSSR count). The fourth-order valence-corrected chi connectivity index (χ4v) is 4.05. The van der Waals surface area contributed by atoms with Crippen LogP contribution in [0, 0.1) is 6.92 Å². The zero-order valence-electron chi connectivity index (χ0n) is 17.6. The topological polar surface area (TPSA) is 72.2 Å². The van der Waals surface area contributed by atoms with Gasteiger partial charge in [-0.2, -0.15) is 5.10 Å². The summed E-state index contributed by atoms with van der Waals surface area (Å²) in [6, 6.07) is 23.0. The zero-order chi connectivity index (χ0) is 23.2. The summed E-state index contributed by atoms with van der Waals surface area (Å²) >= 11 is 13.2. The van der Waals surface area contributed by atoms with E-state index in [0.29, 0.717) is 21.0 Å². The molecule has 3 aromatic carbocycles. The molecular formula is C24H19Cl2N5OS. The average molecular weight is 496 g/mol. The second kappa shape index (κ2) is 10.7. The highest BCUT2D eigenvalue weighted by Crippen LogP contribution is 2.28. The Morgan fingerprint density at radius 1 is 1.03 bits per heavy atom. The molecule has 0 spiro atoms. The minimum absolute atomic E-state index is 0.123. The first kappa shape index (κ1) is 23.0. The molecule has 33 heavy (non-hydrogen) atoms. The third-order valence-corrected chi connectivity index (χ3v) is 6.30. The quantitative estimate of drug-likeness (QED) is 0.200. The maximum atomic E-state index is 12.3.